The Labute approximate surface area is 67.0 Å². The van der Waals surface area contributed by atoms with Crippen LogP contribution >= 0.6 is 0 Å². The third-order valence-electron chi connectivity index (χ3n) is 1.11. The van der Waals surface area contributed by atoms with Gasteiger partial charge in [-0.1, -0.05) is 13.8 Å². The average Bonchev–Trinajstić information content (AvgIpc) is 2.40. The van der Waals surface area contributed by atoms with Gasteiger partial charge in [-0.05, 0) is 6.92 Å². The van der Waals surface area contributed by atoms with Gasteiger partial charge in [0, 0.05) is 13.2 Å². The van der Waals surface area contributed by atoms with E-state index in [0.29, 0.717) is 5.56 Å². The van der Waals surface area contributed by atoms with Gasteiger partial charge < -0.3 is 0 Å². The smallest absolute Gasteiger partial charge is 0.162 e. The molecule has 0 N–H and O–H groups in total. The molecule has 1 rings (SSSR count). The number of rotatable bonds is 1. The van der Waals surface area contributed by atoms with E-state index < -0.39 is 0 Å². The molecule has 0 unspecified atom stereocenters. The van der Waals surface area contributed by atoms with Gasteiger partial charge in [0.2, 0.25) is 0 Å². The summed E-state index contributed by atoms with van der Waals surface area (Å²) in [6, 6.07) is 0. The third-order valence-corrected chi connectivity index (χ3v) is 1.11. The van der Waals surface area contributed by atoms with Crippen molar-refractivity contribution in [2.24, 2.45) is 7.05 Å². The van der Waals surface area contributed by atoms with Gasteiger partial charge in [-0.15, -0.1) is 0 Å². The molecule has 11 heavy (non-hydrogen) atoms. The third kappa shape index (κ3) is 2.98. The van der Waals surface area contributed by atoms with Gasteiger partial charge in [0.25, 0.3) is 0 Å². The van der Waals surface area contributed by atoms with Crippen molar-refractivity contribution in [1.82, 2.24) is 9.78 Å². The van der Waals surface area contributed by atoms with Crippen LogP contribution < -0.4 is 0 Å². The highest BCUT2D eigenvalue weighted by atomic mass is 16.1. The second-order valence-electron chi connectivity index (χ2n) is 1.96. The highest BCUT2D eigenvalue weighted by Gasteiger charge is 1.98. The molecular weight excluding hydrogens is 140 g/mol. The van der Waals surface area contributed by atoms with E-state index in [2.05, 4.69) is 5.10 Å². The first-order valence-electron chi connectivity index (χ1n) is 3.70. The zero-order valence-electron chi connectivity index (χ0n) is 7.46. The van der Waals surface area contributed by atoms with Gasteiger partial charge in [-0.2, -0.15) is 5.10 Å². The molecule has 1 heterocycles. The highest BCUT2D eigenvalue weighted by molar-refractivity contribution is 5.93. The molecule has 0 fully saturated rings. The highest BCUT2D eigenvalue weighted by Crippen LogP contribution is 1.95. The molecule has 0 bridgehead atoms. The largest absolute Gasteiger partial charge is 0.294 e. The molecule has 0 aliphatic heterocycles. The molecule has 1 aromatic heterocycles. The summed E-state index contributed by atoms with van der Waals surface area (Å²) >= 11 is 0. The lowest BCUT2D eigenvalue weighted by molar-refractivity contribution is 0.101. The van der Waals surface area contributed by atoms with E-state index in [4.69, 9.17) is 0 Å². The summed E-state index contributed by atoms with van der Waals surface area (Å²) in [6.45, 7) is 5.52. The molecule has 0 radical (unpaired) electrons. The number of Topliss-reactive ketones (excluding diaryl/α,β-unsaturated/α-hetero) is 1. The van der Waals surface area contributed by atoms with Crippen molar-refractivity contribution in [3.8, 4) is 0 Å². The molecule has 0 amide bonds. The number of hydrogen-bond acceptors (Lipinski definition) is 2. The summed E-state index contributed by atoms with van der Waals surface area (Å²) in [5.74, 6) is 0.0584. The fourth-order valence-corrected chi connectivity index (χ4v) is 0.603. The molecule has 3 nitrogen and oxygen atoms in total. The molecule has 0 saturated heterocycles. The van der Waals surface area contributed by atoms with E-state index >= 15 is 0 Å². The Bertz CT molecular complexity index is 228. The first-order chi connectivity index (χ1) is 5.20. The van der Waals surface area contributed by atoms with Crippen LogP contribution in [0.5, 0.6) is 0 Å². The summed E-state index contributed by atoms with van der Waals surface area (Å²) in [7, 11) is 1.78. The molecule has 0 aliphatic rings. The van der Waals surface area contributed by atoms with Crippen molar-refractivity contribution in [2.75, 3.05) is 0 Å². The second-order valence-corrected chi connectivity index (χ2v) is 1.96. The van der Waals surface area contributed by atoms with Gasteiger partial charge in [0.15, 0.2) is 5.78 Å². The van der Waals surface area contributed by atoms with Crippen molar-refractivity contribution in [2.45, 2.75) is 20.8 Å². The number of hydrogen-bond donors (Lipinski definition) is 0. The van der Waals surface area contributed by atoms with Crippen LogP contribution in [-0.2, 0) is 7.05 Å². The second kappa shape index (κ2) is 4.66. The Morgan fingerprint density at radius 1 is 1.55 bits per heavy atom. The van der Waals surface area contributed by atoms with Gasteiger partial charge in [-0.25, -0.2) is 0 Å². The van der Waals surface area contributed by atoms with Crippen LogP contribution in [0.4, 0.5) is 0 Å². The first kappa shape index (κ1) is 9.88. The Morgan fingerprint density at radius 3 is 2.27 bits per heavy atom. The Hall–Kier alpha value is -1.12. The number of nitrogens with zero attached hydrogens (tertiary/aromatic N) is 2. The monoisotopic (exact) mass is 154 g/mol. The van der Waals surface area contributed by atoms with Gasteiger partial charge >= 0.3 is 0 Å². The van der Waals surface area contributed by atoms with Gasteiger partial charge in [0.1, 0.15) is 0 Å². The van der Waals surface area contributed by atoms with E-state index in [1.54, 1.807) is 24.1 Å². The number of carbonyl (C=O) groups is 1. The van der Waals surface area contributed by atoms with E-state index in [1.807, 2.05) is 13.8 Å². The summed E-state index contributed by atoms with van der Waals surface area (Å²) in [5.41, 5.74) is 0.664. The van der Waals surface area contributed by atoms with Crippen molar-refractivity contribution in [3.05, 3.63) is 18.0 Å². The summed E-state index contributed by atoms with van der Waals surface area (Å²) < 4.78 is 1.61. The van der Waals surface area contributed by atoms with Crippen molar-refractivity contribution >= 4 is 5.78 Å². The van der Waals surface area contributed by atoms with Crippen LogP contribution in [0.2, 0.25) is 0 Å². The zero-order valence-corrected chi connectivity index (χ0v) is 7.46. The predicted octanol–water partition coefficient (Wildman–Crippen LogP) is 1.65. The quantitative estimate of drug-likeness (QED) is 0.576. The summed E-state index contributed by atoms with van der Waals surface area (Å²) in [6.07, 6.45) is 3.25. The standard InChI is InChI=1S/C6H8N2O.C2H6/c1-5(9)6-3-7-8(2)4-6;1-2/h3-4H,1-2H3;1-2H3. The van der Waals surface area contributed by atoms with Crippen LogP contribution in [0.1, 0.15) is 31.1 Å². The molecule has 0 saturated carbocycles. The number of aryl methyl sites for hydroxylation is 1. The molecule has 62 valence electrons. The molecule has 0 aromatic carbocycles. The molecule has 3 heteroatoms. The SMILES string of the molecule is CC.CC(=O)c1cnn(C)c1. The van der Waals surface area contributed by atoms with Crippen LogP contribution in [0.15, 0.2) is 12.4 Å². The number of carbonyl (C=O) groups excluding carboxylic acids is 1. The minimum Gasteiger partial charge on any atom is -0.294 e. The van der Waals surface area contributed by atoms with Crippen LogP contribution in [0.25, 0.3) is 0 Å². The fraction of sp³-hybridized carbons (Fsp3) is 0.500. The topological polar surface area (TPSA) is 34.9 Å². The predicted molar refractivity (Wildman–Crippen MR) is 44.6 cm³/mol. The minimum atomic E-state index is 0.0584. The maximum absolute atomic E-state index is 10.6. The summed E-state index contributed by atoms with van der Waals surface area (Å²) in [4.78, 5) is 10.6. The van der Waals surface area contributed by atoms with E-state index in [0.717, 1.165) is 0 Å². The Kier molecular flexibility index (Phi) is 4.18. The maximum atomic E-state index is 10.6. The van der Waals surface area contributed by atoms with Crippen LogP contribution in [0, 0.1) is 0 Å². The molecule has 0 atom stereocenters. The molecular formula is C8H14N2O. The summed E-state index contributed by atoms with van der Waals surface area (Å²) in [5, 5.41) is 3.83. The average molecular weight is 154 g/mol. The maximum Gasteiger partial charge on any atom is 0.162 e. The fourth-order valence-electron chi connectivity index (χ4n) is 0.603. The Morgan fingerprint density at radius 2 is 2.09 bits per heavy atom. The number of aromatic nitrogens is 2. The van der Waals surface area contributed by atoms with Crippen molar-refractivity contribution < 1.29 is 4.79 Å². The molecule has 0 spiro atoms. The minimum absolute atomic E-state index is 0.0584. The number of ketones is 1. The van der Waals surface area contributed by atoms with Gasteiger partial charge in [-0.3, -0.25) is 9.48 Å². The molecule has 0 aliphatic carbocycles. The zero-order chi connectivity index (χ0) is 8.85. The lowest BCUT2D eigenvalue weighted by atomic mass is 10.3. The van der Waals surface area contributed by atoms with Crippen molar-refractivity contribution in [3.63, 3.8) is 0 Å². The lowest BCUT2D eigenvalue weighted by Crippen LogP contribution is -1.88. The lowest BCUT2D eigenvalue weighted by Gasteiger charge is -1.82. The molecule has 1 aromatic rings. The first-order valence-corrected chi connectivity index (χ1v) is 3.70. The van der Waals surface area contributed by atoms with Crippen molar-refractivity contribution in [1.29, 1.82) is 0 Å². The van der Waals surface area contributed by atoms with E-state index in [9.17, 15) is 4.79 Å². The Balaban J connectivity index is 0.000000461. The van der Waals surface area contributed by atoms with Crippen LogP contribution in [-0.4, -0.2) is 15.6 Å². The van der Waals surface area contributed by atoms with E-state index in [-0.39, 0.29) is 5.78 Å². The normalized spacial score (nSPS) is 8.36. The van der Waals surface area contributed by atoms with E-state index in [1.165, 1.54) is 6.92 Å². The van der Waals surface area contributed by atoms with Crippen LogP contribution in [0.3, 0.4) is 0 Å². The van der Waals surface area contributed by atoms with Gasteiger partial charge in [0.05, 0.1) is 11.8 Å².